The average Bonchev–Trinajstić information content (AvgIpc) is 2.57. The fraction of sp³-hybridized carbons (Fsp3) is 0.250. The van der Waals surface area contributed by atoms with Crippen LogP contribution in [-0.2, 0) is 0 Å². The topological polar surface area (TPSA) is 17.1 Å². The molecule has 130 valence electrons. The summed E-state index contributed by atoms with van der Waals surface area (Å²) in [5.74, 6) is 4.29. The molecule has 0 saturated heterocycles. The highest BCUT2D eigenvalue weighted by atomic mass is 35.5. The number of hydrogen-bond acceptors (Lipinski definition) is 1. The van der Waals surface area contributed by atoms with Crippen molar-refractivity contribution in [1.82, 2.24) is 0 Å². The van der Waals surface area contributed by atoms with Gasteiger partial charge in [0.25, 0.3) is 0 Å². The van der Waals surface area contributed by atoms with Gasteiger partial charge in [0, 0.05) is 28.5 Å². The summed E-state index contributed by atoms with van der Waals surface area (Å²) < 4.78 is 38.3. The van der Waals surface area contributed by atoms with Gasteiger partial charge in [-0.1, -0.05) is 41.6 Å². The highest BCUT2D eigenvalue weighted by Crippen LogP contribution is 2.27. The summed E-state index contributed by atoms with van der Waals surface area (Å²) in [6.07, 6.45) is -5.28. The first-order valence-corrected chi connectivity index (χ1v) is 8.13. The van der Waals surface area contributed by atoms with Crippen LogP contribution in [0.1, 0.15) is 35.2 Å². The Bertz CT molecular complexity index is 756. The van der Waals surface area contributed by atoms with Crippen LogP contribution in [0.25, 0.3) is 0 Å². The fourth-order valence-electron chi connectivity index (χ4n) is 2.30. The predicted octanol–water partition coefficient (Wildman–Crippen LogP) is 5.92. The highest BCUT2D eigenvalue weighted by Gasteiger charge is 2.31. The summed E-state index contributed by atoms with van der Waals surface area (Å²) in [4.78, 5) is 12.1. The number of rotatable bonds is 5. The van der Waals surface area contributed by atoms with Gasteiger partial charge in [-0.05, 0) is 42.8 Å². The Hall–Kier alpha value is -2.25. The molecular weight excluding hydrogens is 349 g/mol. The van der Waals surface area contributed by atoms with Gasteiger partial charge in [-0.25, -0.2) is 0 Å². The van der Waals surface area contributed by atoms with Crippen LogP contribution in [0.2, 0.25) is 5.02 Å². The maximum absolute atomic E-state index is 12.8. The Morgan fingerprint density at radius 3 is 2.28 bits per heavy atom. The second-order valence-electron chi connectivity index (χ2n) is 5.62. The molecule has 0 aromatic heterocycles. The van der Waals surface area contributed by atoms with E-state index < -0.39 is 18.5 Å². The van der Waals surface area contributed by atoms with Gasteiger partial charge < -0.3 is 0 Å². The molecule has 1 atom stereocenters. The van der Waals surface area contributed by atoms with Crippen LogP contribution in [0.4, 0.5) is 13.2 Å². The molecule has 0 fully saturated rings. The minimum atomic E-state index is -4.32. The van der Waals surface area contributed by atoms with Crippen molar-refractivity contribution in [2.75, 3.05) is 0 Å². The molecule has 1 nitrogen and oxygen atoms in total. The van der Waals surface area contributed by atoms with Gasteiger partial charge in [-0.15, -0.1) is 0 Å². The second-order valence-corrected chi connectivity index (χ2v) is 6.06. The van der Waals surface area contributed by atoms with Crippen molar-refractivity contribution >= 4 is 17.4 Å². The molecule has 0 heterocycles. The maximum Gasteiger partial charge on any atom is 0.390 e. The lowest BCUT2D eigenvalue weighted by molar-refractivity contribution is -0.140. The second kappa shape index (κ2) is 8.73. The van der Waals surface area contributed by atoms with E-state index in [9.17, 15) is 18.0 Å². The molecule has 2 aromatic rings. The van der Waals surface area contributed by atoms with Crippen LogP contribution in [0.15, 0.2) is 54.6 Å². The molecule has 0 N–H and O–H groups in total. The van der Waals surface area contributed by atoms with Crippen molar-refractivity contribution in [3.05, 3.63) is 70.7 Å². The van der Waals surface area contributed by atoms with Gasteiger partial charge in [0.05, 0.1) is 6.42 Å². The summed E-state index contributed by atoms with van der Waals surface area (Å²) in [6.45, 7) is 0. The third-order valence-corrected chi connectivity index (χ3v) is 3.81. The van der Waals surface area contributed by atoms with Crippen molar-refractivity contribution in [3.8, 4) is 11.8 Å². The zero-order valence-electron chi connectivity index (χ0n) is 13.3. The molecule has 0 amide bonds. The van der Waals surface area contributed by atoms with E-state index in [1.165, 1.54) is 0 Å². The lowest BCUT2D eigenvalue weighted by Crippen LogP contribution is -2.15. The largest absolute Gasteiger partial charge is 0.390 e. The first-order chi connectivity index (χ1) is 11.8. The number of hydrogen-bond donors (Lipinski definition) is 0. The van der Waals surface area contributed by atoms with E-state index in [4.69, 9.17) is 11.6 Å². The van der Waals surface area contributed by atoms with E-state index in [1.54, 1.807) is 48.5 Å². The summed E-state index contributed by atoms with van der Waals surface area (Å²) in [5, 5.41) is 0.500. The van der Waals surface area contributed by atoms with Gasteiger partial charge in [-0.3, -0.25) is 4.79 Å². The zero-order valence-corrected chi connectivity index (χ0v) is 14.1. The van der Waals surface area contributed by atoms with E-state index >= 15 is 0 Å². The SMILES string of the molecule is O=C(CCC(C#Cc1ccccc1)CC(F)(F)F)c1ccc(Cl)cc1. The Balaban J connectivity index is 2.04. The molecule has 0 bridgehead atoms. The molecule has 1 unspecified atom stereocenters. The van der Waals surface area contributed by atoms with Gasteiger partial charge >= 0.3 is 6.18 Å². The van der Waals surface area contributed by atoms with Crippen LogP contribution >= 0.6 is 11.6 Å². The zero-order chi connectivity index (χ0) is 18.3. The van der Waals surface area contributed by atoms with Crippen molar-refractivity contribution < 1.29 is 18.0 Å². The van der Waals surface area contributed by atoms with E-state index in [0.717, 1.165) is 0 Å². The van der Waals surface area contributed by atoms with Crippen molar-refractivity contribution in [1.29, 1.82) is 0 Å². The van der Waals surface area contributed by atoms with Crippen LogP contribution in [-0.4, -0.2) is 12.0 Å². The van der Waals surface area contributed by atoms with Gasteiger partial charge in [0.15, 0.2) is 5.78 Å². The Morgan fingerprint density at radius 1 is 1.04 bits per heavy atom. The van der Waals surface area contributed by atoms with E-state index in [2.05, 4.69) is 11.8 Å². The van der Waals surface area contributed by atoms with Gasteiger partial charge in [0.1, 0.15) is 0 Å². The lowest BCUT2D eigenvalue weighted by atomic mass is 9.95. The molecule has 2 aromatic carbocycles. The fourth-order valence-corrected chi connectivity index (χ4v) is 2.42. The van der Waals surface area contributed by atoms with Crippen LogP contribution < -0.4 is 0 Å². The quantitative estimate of drug-likeness (QED) is 0.475. The number of benzene rings is 2. The Morgan fingerprint density at radius 2 is 1.68 bits per heavy atom. The molecule has 0 aliphatic heterocycles. The molecule has 0 aliphatic carbocycles. The van der Waals surface area contributed by atoms with Crippen LogP contribution in [0.5, 0.6) is 0 Å². The third-order valence-electron chi connectivity index (χ3n) is 3.56. The van der Waals surface area contributed by atoms with E-state index in [0.29, 0.717) is 16.1 Å². The standard InChI is InChI=1S/C20H16ClF3O/c21-18-11-9-17(10-12-18)19(25)13-8-16(14-20(22,23)24)7-6-15-4-2-1-3-5-15/h1-5,9-12,16H,8,13-14H2. The number of alkyl halides is 3. The molecule has 5 heteroatoms. The summed E-state index contributed by atoms with van der Waals surface area (Å²) >= 11 is 5.76. The van der Waals surface area contributed by atoms with Crippen molar-refractivity contribution in [2.45, 2.75) is 25.4 Å². The van der Waals surface area contributed by atoms with Crippen LogP contribution in [0, 0.1) is 17.8 Å². The number of carbonyl (C=O) groups excluding carboxylic acids is 1. The molecule has 2 rings (SSSR count). The Kier molecular flexibility index (Phi) is 6.66. The Labute approximate surface area is 149 Å². The van der Waals surface area contributed by atoms with E-state index in [-0.39, 0.29) is 18.6 Å². The average molecular weight is 365 g/mol. The van der Waals surface area contributed by atoms with Crippen molar-refractivity contribution in [3.63, 3.8) is 0 Å². The van der Waals surface area contributed by atoms with Gasteiger partial charge in [-0.2, -0.15) is 13.2 Å². The first kappa shape index (κ1) is 19.1. The summed E-state index contributed by atoms with van der Waals surface area (Å²) in [5.41, 5.74) is 1.09. The lowest BCUT2D eigenvalue weighted by Gasteiger charge is -2.13. The molecule has 25 heavy (non-hydrogen) atoms. The minimum absolute atomic E-state index is 0.00580. The summed E-state index contributed by atoms with van der Waals surface area (Å²) in [6, 6.07) is 15.1. The maximum atomic E-state index is 12.8. The number of carbonyl (C=O) groups is 1. The molecule has 0 saturated carbocycles. The molecule has 0 aliphatic rings. The molecule has 0 spiro atoms. The van der Waals surface area contributed by atoms with Crippen molar-refractivity contribution in [2.24, 2.45) is 5.92 Å². The number of halogens is 4. The third kappa shape index (κ3) is 7.03. The first-order valence-electron chi connectivity index (χ1n) is 7.75. The summed E-state index contributed by atoms with van der Waals surface area (Å²) in [7, 11) is 0. The van der Waals surface area contributed by atoms with Crippen LogP contribution in [0.3, 0.4) is 0 Å². The van der Waals surface area contributed by atoms with E-state index in [1.807, 2.05) is 6.07 Å². The smallest absolute Gasteiger partial charge is 0.294 e. The normalized spacial score (nSPS) is 12.2. The molecular formula is C20H16ClF3O. The minimum Gasteiger partial charge on any atom is -0.294 e. The predicted molar refractivity (Wildman–Crippen MR) is 92.5 cm³/mol. The monoisotopic (exact) mass is 364 g/mol. The molecule has 0 radical (unpaired) electrons. The van der Waals surface area contributed by atoms with Gasteiger partial charge in [0.2, 0.25) is 0 Å². The highest BCUT2D eigenvalue weighted by molar-refractivity contribution is 6.30. The number of Topliss-reactive ketones (excluding diaryl/α,β-unsaturated/α-hetero) is 1. The number of ketones is 1.